The number of hydrogen-bond acceptors (Lipinski definition) is 4. The van der Waals surface area contributed by atoms with Crippen molar-refractivity contribution in [3.05, 3.63) is 48.0 Å². The van der Waals surface area contributed by atoms with E-state index in [1.165, 1.54) is 6.08 Å². The van der Waals surface area contributed by atoms with Crippen molar-refractivity contribution in [3.63, 3.8) is 0 Å². The van der Waals surface area contributed by atoms with E-state index in [9.17, 15) is 9.59 Å². The van der Waals surface area contributed by atoms with Crippen molar-refractivity contribution >= 4 is 11.8 Å². The molecule has 0 unspecified atom stereocenters. The topological polar surface area (TPSA) is 52.6 Å². The Morgan fingerprint density at radius 2 is 2.11 bits per heavy atom. The average Bonchev–Trinajstić information content (AvgIpc) is 2.82. The highest BCUT2D eigenvalue weighted by Gasteiger charge is 2.48. The first-order valence-electron chi connectivity index (χ1n) is 6.32. The summed E-state index contributed by atoms with van der Waals surface area (Å²) in [5.74, 6) is -0.367. The predicted octanol–water partition coefficient (Wildman–Crippen LogP) is 1.90. The van der Waals surface area contributed by atoms with Crippen LogP contribution in [0.4, 0.5) is 0 Å². The van der Waals surface area contributed by atoms with Gasteiger partial charge in [-0.3, -0.25) is 4.79 Å². The summed E-state index contributed by atoms with van der Waals surface area (Å²) in [7, 11) is 0. The van der Waals surface area contributed by atoms with Crippen LogP contribution in [0.15, 0.2) is 42.5 Å². The van der Waals surface area contributed by atoms with Crippen molar-refractivity contribution in [2.24, 2.45) is 0 Å². The summed E-state index contributed by atoms with van der Waals surface area (Å²) in [4.78, 5) is 23.5. The Bertz CT molecular complexity index is 534. The minimum Gasteiger partial charge on any atom is -0.448 e. The first kappa shape index (κ1) is 12.1. The van der Waals surface area contributed by atoms with Crippen molar-refractivity contribution in [2.75, 3.05) is 6.61 Å². The van der Waals surface area contributed by atoms with E-state index in [0.29, 0.717) is 18.6 Å². The van der Waals surface area contributed by atoms with Gasteiger partial charge in [-0.2, -0.15) is 0 Å². The molecule has 1 heterocycles. The van der Waals surface area contributed by atoms with E-state index in [4.69, 9.17) is 9.47 Å². The van der Waals surface area contributed by atoms with Gasteiger partial charge in [-0.05, 0) is 24.3 Å². The zero-order chi connectivity index (χ0) is 13.3. The smallest absolute Gasteiger partial charge is 0.339 e. The van der Waals surface area contributed by atoms with E-state index in [1.807, 2.05) is 6.07 Å². The summed E-state index contributed by atoms with van der Waals surface area (Å²) in [6.45, 7) is 0.504. The summed E-state index contributed by atoms with van der Waals surface area (Å²) < 4.78 is 11.2. The minimum atomic E-state index is -0.777. The molecule has 0 bridgehead atoms. The standard InChI is InChI=1S/C15H14O4/c16-12-6-7-15(8-9-18-13(15)10-12)19-14(17)11-4-2-1-3-5-11/h1-7,13H,8-10H2/t13-,15+/m1/s1. The second kappa shape index (κ2) is 4.63. The molecule has 0 N–H and O–H groups in total. The predicted molar refractivity (Wildman–Crippen MR) is 67.7 cm³/mol. The van der Waals surface area contributed by atoms with Crippen molar-refractivity contribution in [3.8, 4) is 0 Å². The van der Waals surface area contributed by atoms with Gasteiger partial charge in [0.25, 0.3) is 0 Å². The number of hydrogen-bond donors (Lipinski definition) is 0. The van der Waals surface area contributed by atoms with Gasteiger partial charge in [0, 0.05) is 12.8 Å². The van der Waals surface area contributed by atoms with Crippen LogP contribution >= 0.6 is 0 Å². The van der Waals surface area contributed by atoms with E-state index in [0.717, 1.165) is 0 Å². The summed E-state index contributed by atoms with van der Waals surface area (Å²) in [5, 5.41) is 0. The monoisotopic (exact) mass is 258 g/mol. The molecule has 1 fully saturated rings. The molecule has 0 amide bonds. The molecule has 4 nitrogen and oxygen atoms in total. The normalized spacial score (nSPS) is 29.1. The molecule has 0 saturated carbocycles. The van der Waals surface area contributed by atoms with Crippen LogP contribution in [0, 0.1) is 0 Å². The fourth-order valence-electron chi connectivity index (χ4n) is 2.53. The Labute approximate surface area is 111 Å². The number of allylic oxidation sites excluding steroid dienone is 1. The highest BCUT2D eigenvalue weighted by Crippen LogP contribution is 2.36. The molecule has 2 atom stereocenters. The Morgan fingerprint density at radius 3 is 2.89 bits per heavy atom. The lowest BCUT2D eigenvalue weighted by atomic mass is 9.86. The van der Waals surface area contributed by atoms with Gasteiger partial charge in [0.15, 0.2) is 11.4 Å². The van der Waals surface area contributed by atoms with Gasteiger partial charge in [-0.1, -0.05) is 18.2 Å². The van der Waals surface area contributed by atoms with Gasteiger partial charge >= 0.3 is 5.97 Å². The van der Waals surface area contributed by atoms with E-state index in [2.05, 4.69) is 0 Å². The molecule has 98 valence electrons. The zero-order valence-electron chi connectivity index (χ0n) is 10.4. The number of rotatable bonds is 2. The van der Waals surface area contributed by atoms with Gasteiger partial charge in [-0.25, -0.2) is 4.79 Å². The first-order valence-corrected chi connectivity index (χ1v) is 6.32. The van der Waals surface area contributed by atoms with E-state index in [-0.39, 0.29) is 24.3 Å². The lowest BCUT2D eigenvalue weighted by Gasteiger charge is -2.32. The molecular formula is C15H14O4. The first-order chi connectivity index (χ1) is 9.20. The van der Waals surface area contributed by atoms with E-state index in [1.54, 1.807) is 30.3 Å². The second-order valence-electron chi connectivity index (χ2n) is 4.82. The Balaban J connectivity index is 1.84. The molecule has 4 heteroatoms. The van der Waals surface area contributed by atoms with Gasteiger partial charge in [0.2, 0.25) is 0 Å². The SMILES string of the molecule is O=C1C=C[C@]2(OC(=O)c3ccccc3)CCO[C@@H]2C1. The largest absolute Gasteiger partial charge is 0.448 e. The number of ether oxygens (including phenoxy) is 2. The van der Waals surface area contributed by atoms with Crippen LogP contribution in [-0.2, 0) is 14.3 Å². The molecule has 2 aliphatic rings. The van der Waals surface area contributed by atoms with E-state index >= 15 is 0 Å². The molecule has 1 aromatic rings. The van der Waals surface area contributed by atoms with Crippen LogP contribution in [0.5, 0.6) is 0 Å². The third-order valence-electron chi connectivity index (χ3n) is 3.59. The fraction of sp³-hybridized carbons (Fsp3) is 0.333. The van der Waals surface area contributed by atoms with Crippen molar-refractivity contribution in [1.29, 1.82) is 0 Å². The molecule has 0 aromatic heterocycles. The quantitative estimate of drug-likeness (QED) is 0.760. The molecule has 3 rings (SSSR count). The average molecular weight is 258 g/mol. The molecule has 1 aliphatic heterocycles. The molecular weight excluding hydrogens is 244 g/mol. The van der Waals surface area contributed by atoms with Gasteiger partial charge in [-0.15, -0.1) is 0 Å². The molecule has 19 heavy (non-hydrogen) atoms. The second-order valence-corrected chi connectivity index (χ2v) is 4.82. The molecule has 1 aliphatic carbocycles. The van der Waals surface area contributed by atoms with Crippen LogP contribution < -0.4 is 0 Å². The van der Waals surface area contributed by atoms with Gasteiger partial charge in [0.05, 0.1) is 12.2 Å². The van der Waals surface area contributed by atoms with Crippen LogP contribution in [0.1, 0.15) is 23.2 Å². The molecule has 1 saturated heterocycles. The van der Waals surface area contributed by atoms with Crippen molar-refractivity contribution in [2.45, 2.75) is 24.5 Å². The van der Waals surface area contributed by atoms with Crippen molar-refractivity contribution < 1.29 is 19.1 Å². The van der Waals surface area contributed by atoms with Crippen LogP contribution in [0.3, 0.4) is 0 Å². The Morgan fingerprint density at radius 1 is 1.32 bits per heavy atom. The fourth-order valence-corrected chi connectivity index (χ4v) is 2.53. The number of ketones is 1. The van der Waals surface area contributed by atoms with E-state index < -0.39 is 5.60 Å². The summed E-state index contributed by atoms with van der Waals surface area (Å²) in [6, 6.07) is 8.84. The third-order valence-corrected chi connectivity index (χ3v) is 3.59. The maximum atomic E-state index is 12.1. The van der Waals surface area contributed by atoms with Gasteiger partial charge < -0.3 is 9.47 Å². The summed E-state index contributed by atoms with van der Waals surface area (Å²) in [6.07, 6.45) is 3.69. The van der Waals surface area contributed by atoms with Crippen LogP contribution in [-0.4, -0.2) is 30.1 Å². The minimum absolute atomic E-state index is 0.0123. The Kier molecular flexibility index (Phi) is 2.95. The number of fused-ring (bicyclic) bond motifs is 1. The number of carbonyl (C=O) groups is 2. The third kappa shape index (κ3) is 2.19. The lowest BCUT2D eigenvalue weighted by Crippen LogP contribution is -2.44. The Hall–Kier alpha value is -1.94. The van der Waals surface area contributed by atoms with Gasteiger partial charge in [0.1, 0.15) is 6.10 Å². The maximum Gasteiger partial charge on any atom is 0.339 e. The van der Waals surface area contributed by atoms with Crippen LogP contribution in [0.2, 0.25) is 0 Å². The highest BCUT2D eigenvalue weighted by molar-refractivity contribution is 5.93. The van der Waals surface area contributed by atoms with Crippen molar-refractivity contribution in [1.82, 2.24) is 0 Å². The summed E-state index contributed by atoms with van der Waals surface area (Å²) >= 11 is 0. The van der Waals surface area contributed by atoms with Crippen LogP contribution in [0.25, 0.3) is 0 Å². The molecule has 0 spiro atoms. The number of carbonyl (C=O) groups excluding carboxylic acids is 2. The number of benzene rings is 1. The maximum absolute atomic E-state index is 12.1. The number of esters is 1. The molecule has 1 aromatic carbocycles. The molecule has 0 radical (unpaired) electrons. The zero-order valence-corrected chi connectivity index (χ0v) is 10.4. The highest BCUT2D eigenvalue weighted by atomic mass is 16.6. The summed E-state index contributed by atoms with van der Waals surface area (Å²) in [5.41, 5.74) is -0.270. The lowest BCUT2D eigenvalue weighted by molar-refractivity contribution is -0.121.